The fourth-order valence-corrected chi connectivity index (χ4v) is 1.98. The average Bonchev–Trinajstić information content (AvgIpc) is 2.66. The van der Waals surface area contributed by atoms with Crippen LogP contribution in [0.3, 0.4) is 0 Å². The number of hydrogen-bond donors (Lipinski definition) is 2. The Morgan fingerprint density at radius 1 is 1.43 bits per heavy atom. The van der Waals surface area contributed by atoms with Crippen LogP contribution in [0.2, 0.25) is 0 Å². The lowest BCUT2D eigenvalue weighted by molar-refractivity contribution is -0.129. The number of nitrogens with one attached hydrogen (secondary N) is 1. The second-order valence-electron chi connectivity index (χ2n) is 4.63. The maximum atomic E-state index is 12.0. The van der Waals surface area contributed by atoms with Crippen LogP contribution < -0.4 is 15.8 Å². The van der Waals surface area contributed by atoms with E-state index in [1.807, 2.05) is 0 Å². The zero-order chi connectivity index (χ0) is 15.6. The van der Waals surface area contributed by atoms with Crippen molar-refractivity contribution in [1.82, 2.24) is 9.80 Å². The Kier molecular flexibility index (Phi) is 3.97. The summed E-state index contributed by atoms with van der Waals surface area (Å²) in [6.07, 6.45) is 0. The molecule has 1 aliphatic heterocycles. The van der Waals surface area contributed by atoms with E-state index in [0.29, 0.717) is 17.1 Å². The molecule has 4 amide bonds. The van der Waals surface area contributed by atoms with Gasteiger partial charge in [-0.2, -0.15) is 0 Å². The Balaban J connectivity index is 2.07. The fourth-order valence-electron chi connectivity index (χ4n) is 1.98. The molecule has 1 aliphatic rings. The lowest BCUT2D eigenvalue weighted by atomic mass is 10.2. The number of methoxy groups -OCH3 is 1. The molecule has 1 heterocycles. The number of imide groups is 1. The van der Waals surface area contributed by atoms with E-state index in [1.165, 1.54) is 25.1 Å². The van der Waals surface area contributed by atoms with Gasteiger partial charge in [0.2, 0.25) is 5.91 Å². The number of carbonyl (C=O) groups excluding carboxylic acids is 3. The molecule has 1 saturated heterocycles. The molecule has 0 bridgehead atoms. The number of nitrogens with zero attached hydrogens (tertiary/aromatic N) is 2. The van der Waals surface area contributed by atoms with Crippen LogP contribution in [0.4, 0.5) is 16.2 Å². The normalized spacial score (nSPS) is 14.6. The number of urea groups is 1. The molecule has 8 nitrogen and oxygen atoms in total. The number of hydrogen-bond acceptors (Lipinski definition) is 5. The minimum absolute atomic E-state index is 0.0201. The van der Waals surface area contributed by atoms with Crippen molar-refractivity contribution in [2.75, 3.05) is 38.3 Å². The van der Waals surface area contributed by atoms with E-state index in [1.54, 1.807) is 12.1 Å². The first-order valence-corrected chi connectivity index (χ1v) is 6.21. The van der Waals surface area contributed by atoms with E-state index in [4.69, 9.17) is 10.5 Å². The summed E-state index contributed by atoms with van der Waals surface area (Å²) in [7, 11) is 2.96. The van der Waals surface area contributed by atoms with E-state index in [2.05, 4.69) is 5.32 Å². The zero-order valence-corrected chi connectivity index (χ0v) is 11.8. The summed E-state index contributed by atoms with van der Waals surface area (Å²) in [5, 5.41) is 2.58. The summed E-state index contributed by atoms with van der Waals surface area (Å²) in [4.78, 5) is 37.4. The van der Waals surface area contributed by atoms with Crippen LogP contribution in [-0.2, 0) is 9.59 Å². The van der Waals surface area contributed by atoms with Gasteiger partial charge >= 0.3 is 6.03 Å². The monoisotopic (exact) mass is 292 g/mol. The largest absolute Gasteiger partial charge is 0.495 e. The highest BCUT2D eigenvalue weighted by Crippen LogP contribution is 2.26. The van der Waals surface area contributed by atoms with Gasteiger partial charge in [0.1, 0.15) is 18.8 Å². The molecule has 8 heteroatoms. The van der Waals surface area contributed by atoms with E-state index in [0.717, 1.165) is 4.90 Å². The van der Waals surface area contributed by atoms with Crippen LogP contribution in [0.1, 0.15) is 0 Å². The first-order valence-electron chi connectivity index (χ1n) is 6.21. The molecule has 1 fully saturated rings. The van der Waals surface area contributed by atoms with Gasteiger partial charge in [-0.05, 0) is 18.2 Å². The molecular weight excluding hydrogens is 276 g/mol. The maximum Gasteiger partial charge on any atom is 0.327 e. The second-order valence-corrected chi connectivity index (χ2v) is 4.63. The number of likely N-dealkylation sites (N-methyl/N-ethyl adjacent to an activating group) is 1. The van der Waals surface area contributed by atoms with Gasteiger partial charge in [-0.3, -0.25) is 14.5 Å². The lowest BCUT2D eigenvalue weighted by Gasteiger charge is -2.15. The summed E-state index contributed by atoms with van der Waals surface area (Å²) in [6, 6.07) is 4.30. The van der Waals surface area contributed by atoms with Gasteiger partial charge in [-0.1, -0.05) is 0 Å². The molecule has 2 rings (SSSR count). The number of nitrogen functional groups attached to an aromatic ring is 1. The molecule has 21 heavy (non-hydrogen) atoms. The number of anilines is 2. The number of benzene rings is 1. The lowest BCUT2D eigenvalue weighted by Crippen LogP contribution is -2.38. The smallest absolute Gasteiger partial charge is 0.327 e. The summed E-state index contributed by atoms with van der Waals surface area (Å²) in [5.74, 6) is -0.471. The van der Waals surface area contributed by atoms with Crippen LogP contribution in [0.15, 0.2) is 18.2 Å². The zero-order valence-electron chi connectivity index (χ0n) is 11.8. The van der Waals surface area contributed by atoms with Crippen molar-refractivity contribution in [3.8, 4) is 5.75 Å². The van der Waals surface area contributed by atoms with Crippen LogP contribution in [0.25, 0.3) is 0 Å². The highest BCUT2D eigenvalue weighted by molar-refractivity contribution is 6.06. The van der Waals surface area contributed by atoms with Crippen molar-refractivity contribution in [1.29, 1.82) is 0 Å². The molecule has 0 atom stereocenters. The molecule has 1 aromatic rings. The third kappa shape index (κ3) is 3.04. The van der Waals surface area contributed by atoms with Crippen molar-refractivity contribution in [2.45, 2.75) is 0 Å². The Hall–Kier alpha value is -2.77. The predicted octanol–water partition coefficient (Wildman–Crippen LogP) is 0.110. The predicted molar refractivity (Wildman–Crippen MR) is 75.8 cm³/mol. The molecule has 0 spiro atoms. The number of ether oxygens (including phenoxy) is 1. The van der Waals surface area contributed by atoms with E-state index < -0.39 is 17.8 Å². The van der Waals surface area contributed by atoms with Gasteiger partial charge in [0.05, 0.1) is 12.8 Å². The van der Waals surface area contributed by atoms with E-state index in [-0.39, 0.29) is 13.1 Å². The molecule has 1 aromatic carbocycles. The van der Waals surface area contributed by atoms with Crippen LogP contribution in [0.5, 0.6) is 5.75 Å². The Bertz CT molecular complexity index is 602. The summed E-state index contributed by atoms with van der Waals surface area (Å²) in [5.41, 5.74) is 6.49. The molecule has 0 radical (unpaired) electrons. The first-order chi connectivity index (χ1) is 9.92. The number of amides is 4. The third-order valence-electron chi connectivity index (χ3n) is 3.03. The number of carbonyl (C=O) groups is 3. The Labute approximate surface area is 121 Å². The Morgan fingerprint density at radius 3 is 2.71 bits per heavy atom. The topological polar surface area (TPSA) is 105 Å². The molecule has 3 N–H and O–H groups in total. The minimum Gasteiger partial charge on any atom is -0.495 e. The third-order valence-corrected chi connectivity index (χ3v) is 3.03. The number of rotatable bonds is 4. The molecule has 0 unspecified atom stereocenters. The van der Waals surface area contributed by atoms with Gasteiger partial charge in [-0.15, -0.1) is 0 Å². The Morgan fingerprint density at radius 2 is 2.14 bits per heavy atom. The van der Waals surface area contributed by atoms with E-state index >= 15 is 0 Å². The fraction of sp³-hybridized carbons (Fsp3) is 0.308. The summed E-state index contributed by atoms with van der Waals surface area (Å²) in [6.45, 7) is -0.367. The first kappa shape index (κ1) is 14.6. The molecule has 0 aromatic heterocycles. The minimum atomic E-state index is -0.504. The SMILES string of the molecule is COc1ccc(N)cc1NC(=O)CN1C(=O)CN(C)C1=O. The van der Waals surface area contributed by atoms with Gasteiger partial charge in [-0.25, -0.2) is 4.79 Å². The standard InChI is InChI=1S/C13H16N4O4/c1-16-7-12(19)17(13(16)20)6-11(18)15-9-5-8(14)3-4-10(9)21-2/h3-5H,6-7,14H2,1-2H3,(H,15,18). The molecule has 0 aliphatic carbocycles. The highest BCUT2D eigenvalue weighted by atomic mass is 16.5. The van der Waals surface area contributed by atoms with Gasteiger partial charge < -0.3 is 20.7 Å². The molecule has 112 valence electrons. The molecular formula is C13H16N4O4. The van der Waals surface area contributed by atoms with Crippen molar-refractivity contribution >= 4 is 29.2 Å². The summed E-state index contributed by atoms with van der Waals surface area (Å²) >= 11 is 0. The highest BCUT2D eigenvalue weighted by Gasteiger charge is 2.34. The maximum absolute atomic E-state index is 12.0. The van der Waals surface area contributed by atoms with Gasteiger partial charge in [0.25, 0.3) is 5.91 Å². The van der Waals surface area contributed by atoms with Crippen molar-refractivity contribution in [3.05, 3.63) is 18.2 Å². The van der Waals surface area contributed by atoms with Gasteiger partial charge in [0, 0.05) is 12.7 Å². The van der Waals surface area contributed by atoms with E-state index in [9.17, 15) is 14.4 Å². The van der Waals surface area contributed by atoms with Crippen LogP contribution >= 0.6 is 0 Å². The summed E-state index contributed by atoms with van der Waals surface area (Å²) < 4.78 is 5.10. The second kappa shape index (κ2) is 5.70. The van der Waals surface area contributed by atoms with Crippen molar-refractivity contribution in [2.24, 2.45) is 0 Å². The average molecular weight is 292 g/mol. The van der Waals surface area contributed by atoms with Crippen LogP contribution in [0, 0.1) is 0 Å². The molecule has 0 saturated carbocycles. The van der Waals surface area contributed by atoms with Crippen LogP contribution in [-0.4, -0.2) is 54.9 Å². The van der Waals surface area contributed by atoms with Gasteiger partial charge in [0.15, 0.2) is 0 Å². The quantitative estimate of drug-likeness (QED) is 0.605. The number of nitrogens with two attached hydrogens (primary N) is 1. The van der Waals surface area contributed by atoms with Crippen molar-refractivity contribution in [3.63, 3.8) is 0 Å². The van der Waals surface area contributed by atoms with Crippen molar-refractivity contribution < 1.29 is 19.1 Å².